The lowest BCUT2D eigenvalue weighted by atomic mass is 10.1. The quantitative estimate of drug-likeness (QED) is 0.377. The molecular weight excluding hydrogens is 455 g/mol. The lowest BCUT2D eigenvalue weighted by Crippen LogP contribution is -2.46. The molecule has 0 aromatic carbocycles. The predicted molar refractivity (Wildman–Crippen MR) is 119 cm³/mol. The zero-order chi connectivity index (χ0) is 18.2. The number of guanidine groups is 1. The molecule has 0 amide bonds. The minimum Gasteiger partial charge on any atom is -0.474 e. The minimum atomic E-state index is 0. The molecule has 1 saturated carbocycles. The Labute approximate surface area is 180 Å². The fourth-order valence-electron chi connectivity index (χ4n) is 3.75. The zero-order valence-electron chi connectivity index (χ0n) is 16.5. The van der Waals surface area contributed by atoms with Gasteiger partial charge in [-0.25, -0.2) is 4.98 Å². The molecule has 0 unspecified atom stereocenters. The summed E-state index contributed by atoms with van der Waals surface area (Å²) in [5, 5.41) is 3.45. The van der Waals surface area contributed by atoms with Crippen molar-refractivity contribution in [2.45, 2.75) is 64.2 Å². The maximum Gasteiger partial charge on any atom is 0.213 e. The van der Waals surface area contributed by atoms with E-state index in [0.717, 1.165) is 69.3 Å². The smallest absolute Gasteiger partial charge is 0.213 e. The second-order valence-corrected chi connectivity index (χ2v) is 7.07. The van der Waals surface area contributed by atoms with Crippen LogP contribution in [0, 0.1) is 0 Å². The van der Waals surface area contributed by atoms with Crippen molar-refractivity contribution in [2.24, 2.45) is 4.99 Å². The van der Waals surface area contributed by atoms with E-state index in [1.165, 1.54) is 12.8 Å². The molecule has 1 aliphatic carbocycles. The predicted octanol–water partition coefficient (Wildman–Crippen LogP) is 3.60. The normalized spacial score (nSPS) is 19.0. The van der Waals surface area contributed by atoms with Crippen molar-refractivity contribution in [1.82, 2.24) is 15.2 Å². The average molecular weight is 488 g/mol. The molecule has 0 spiro atoms. The molecule has 1 aromatic rings. The summed E-state index contributed by atoms with van der Waals surface area (Å²) in [6.07, 6.45) is 9.61. The Hall–Kier alpha value is -1.09. The van der Waals surface area contributed by atoms with Crippen molar-refractivity contribution in [3.8, 4) is 5.88 Å². The first-order valence-corrected chi connectivity index (χ1v) is 9.97. The number of ether oxygens (including phenoxy) is 2. The van der Waals surface area contributed by atoms with Gasteiger partial charge in [-0.3, -0.25) is 4.99 Å². The molecule has 0 atom stereocenters. The van der Waals surface area contributed by atoms with Crippen LogP contribution in [0.5, 0.6) is 5.88 Å². The maximum absolute atomic E-state index is 5.93. The Morgan fingerprint density at radius 1 is 1.19 bits per heavy atom. The Balaban J connectivity index is 0.00000261. The lowest BCUT2D eigenvalue weighted by molar-refractivity contribution is 0.0263. The maximum atomic E-state index is 5.93. The molecule has 2 heterocycles. The highest BCUT2D eigenvalue weighted by Gasteiger charge is 2.21. The number of halogens is 1. The third kappa shape index (κ3) is 6.78. The van der Waals surface area contributed by atoms with Gasteiger partial charge in [0.05, 0.1) is 6.10 Å². The van der Waals surface area contributed by atoms with Crippen molar-refractivity contribution in [3.63, 3.8) is 0 Å². The third-order valence-corrected chi connectivity index (χ3v) is 5.19. The molecule has 1 aromatic heterocycles. The molecule has 2 aliphatic rings. The molecule has 3 rings (SSSR count). The molecule has 152 valence electrons. The summed E-state index contributed by atoms with van der Waals surface area (Å²) >= 11 is 0. The van der Waals surface area contributed by atoms with Gasteiger partial charge >= 0.3 is 0 Å². The van der Waals surface area contributed by atoms with E-state index >= 15 is 0 Å². The highest BCUT2D eigenvalue weighted by atomic mass is 127. The fourth-order valence-corrected chi connectivity index (χ4v) is 3.75. The molecule has 2 fully saturated rings. The van der Waals surface area contributed by atoms with Crippen LogP contribution >= 0.6 is 24.0 Å². The van der Waals surface area contributed by atoms with Gasteiger partial charge in [0.15, 0.2) is 5.96 Å². The molecule has 1 aliphatic heterocycles. The number of hydrogen-bond donors (Lipinski definition) is 1. The van der Waals surface area contributed by atoms with Gasteiger partial charge in [0.2, 0.25) is 5.88 Å². The molecule has 0 bridgehead atoms. The fraction of sp³-hybridized carbons (Fsp3) is 0.700. The van der Waals surface area contributed by atoms with Crippen LogP contribution in [0.25, 0.3) is 0 Å². The first-order chi connectivity index (χ1) is 12.8. The van der Waals surface area contributed by atoms with Crippen LogP contribution in [0.4, 0.5) is 0 Å². The van der Waals surface area contributed by atoms with Crippen molar-refractivity contribution in [3.05, 3.63) is 23.9 Å². The third-order valence-electron chi connectivity index (χ3n) is 5.19. The van der Waals surface area contributed by atoms with Crippen LogP contribution in [0.15, 0.2) is 23.3 Å². The summed E-state index contributed by atoms with van der Waals surface area (Å²) in [6.45, 7) is 5.54. The number of likely N-dealkylation sites (tertiary alicyclic amines) is 1. The van der Waals surface area contributed by atoms with Gasteiger partial charge in [-0.05, 0) is 51.0 Å². The summed E-state index contributed by atoms with van der Waals surface area (Å²) in [6, 6.07) is 4.06. The largest absolute Gasteiger partial charge is 0.474 e. The summed E-state index contributed by atoms with van der Waals surface area (Å²) < 4.78 is 11.7. The standard InChI is InChI=1S/C20H32N4O2.HI/c1-3-25-17-10-12-24(13-11-17)20(21-2)23-15-16-8-9-19(22-14-16)26-18-6-4-5-7-18;/h8-9,14,17-18H,3-7,10-13,15H2,1-2H3,(H,21,23);1H. The molecule has 1 saturated heterocycles. The van der Waals surface area contributed by atoms with Gasteiger partial charge in [-0.15, -0.1) is 24.0 Å². The molecule has 27 heavy (non-hydrogen) atoms. The number of aliphatic imine (C=N–C) groups is 1. The zero-order valence-corrected chi connectivity index (χ0v) is 18.9. The van der Waals surface area contributed by atoms with E-state index in [9.17, 15) is 0 Å². The molecule has 7 heteroatoms. The van der Waals surface area contributed by atoms with Crippen LogP contribution in [0.1, 0.15) is 51.0 Å². The van der Waals surface area contributed by atoms with E-state index in [4.69, 9.17) is 9.47 Å². The number of hydrogen-bond acceptors (Lipinski definition) is 4. The summed E-state index contributed by atoms with van der Waals surface area (Å²) in [5.41, 5.74) is 1.13. The Morgan fingerprint density at radius 2 is 1.93 bits per heavy atom. The minimum absolute atomic E-state index is 0. The van der Waals surface area contributed by atoms with Crippen LogP contribution in [0.3, 0.4) is 0 Å². The van der Waals surface area contributed by atoms with Gasteiger partial charge in [0, 0.05) is 45.6 Å². The van der Waals surface area contributed by atoms with Gasteiger partial charge in [-0.1, -0.05) is 6.07 Å². The van der Waals surface area contributed by atoms with E-state index in [-0.39, 0.29) is 24.0 Å². The number of aromatic nitrogens is 1. The number of piperidine rings is 1. The average Bonchev–Trinajstić information content (AvgIpc) is 3.18. The molecule has 0 radical (unpaired) electrons. The topological polar surface area (TPSA) is 59.0 Å². The van der Waals surface area contributed by atoms with Crippen molar-refractivity contribution in [2.75, 3.05) is 26.7 Å². The Morgan fingerprint density at radius 3 is 2.52 bits per heavy atom. The van der Waals surface area contributed by atoms with Gasteiger partial charge in [0.25, 0.3) is 0 Å². The molecule has 1 N–H and O–H groups in total. The molecule has 6 nitrogen and oxygen atoms in total. The second kappa shape index (κ2) is 11.7. The first kappa shape index (κ1) is 22.2. The Bertz CT molecular complexity index is 568. The first-order valence-electron chi connectivity index (χ1n) is 9.97. The van der Waals surface area contributed by atoms with Gasteiger partial charge in [-0.2, -0.15) is 0 Å². The van der Waals surface area contributed by atoms with Crippen molar-refractivity contribution < 1.29 is 9.47 Å². The van der Waals surface area contributed by atoms with Gasteiger partial charge in [0.1, 0.15) is 6.10 Å². The van der Waals surface area contributed by atoms with E-state index < -0.39 is 0 Å². The molecular formula is C20H33IN4O2. The lowest BCUT2D eigenvalue weighted by Gasteiger charge is -2.34. The number of pyridine rings is 1. The van der Waals surface area contributed by atoms with Crippen LogP contribution in [0.2, 0.25) is 0 Å². The van der Waals surface area contributed by atoms with Crippen molar-refractivity contribution >= 4 is 29.9 Å². The summed E-state index contributed by atoms with van der Waals surface area (Å²) in [4.78, 5) is 11.2. The van der Waals surface area contributed by atoms with Crippen LogP contribution in [-0.4, -0.2) is 54.8 Å². The van der Waals surface area contributed by atoms with E-state index in [2.05, 4.69) is 33.2 Å². The number of nitrogens with one attached hydrogen (secondary N) is 1. The highest BCUT2D eigenvalue weighted by molar-refractivity contribution is 14.0. The van der Waals surface area contributed by atoms with E-state index in [1.807, 2.05) is 19.3 Å². The monoisotopic (exact) mass is 488 g/mol. The Kier molecular flexibility index (Phi) is 9.61. The van der Waals surface area contributed by atoms with E-state index in [0.29, 0.717) is 12.2 Å². The number of nitrogens with zero attached hydrogens (tertiary/aromatic N) is 3. The summed E-state index contributed by atoms with van der Waals surface area (Å²) in [5.74, 6) is 1.69. The highest BCUT2D eigenvalue weighted by Crippen LogP contribution is 2.22. The van der Waals surface area contributed by atoms with E-state index in [1.54, 1.807) is 0 Å². The number of rotatable bonds is 6. The van der Waals surface area contributed by atoms with Gasteiger partial charge < -0.3 is 19.7 Å². The summed E-state index contributed by atoms with van der Waals surface area (Å²) in [7, 11) is 1.84. The van der Waals surface area contributed by atoms with Crippen molar-refractivity contribution in [1.29, 1.82) is 0 Å². The SMILES string of the molecule is CCOC1CCN(C(=NC)NCc2ccc(OC3CCCC3)nc2)CC1.I. The second-order valence-electron chi connectivity index (χ2n) is 7.07. The van der Waals surface area contributed by atoms with Crippen LogP contribution in [-0.2, 0) is 11.3 Å². The van der Waals surface area contributed by atoms with Crippen LogP contribution < -0.4 is 10.1 Å².